The van der Waals surface area contributed by atoms with E-state index in [1.807, 2.05) is 6.07 Å². The predicted molar refractivity (Wildman–Crippen MR) is 62.5 cm³/mol. The number of carbonyl (C=O) groups is 1. The van der Waals surface area contributed by atoms with Crippen LogP contribution >= 0.6 is 0 Å². The number of hydrogen-bond donors (Lipinski definition) is 2. The smallest absolute Gasteiger partial charge is 0.309 e. The van der Waals surface area contributed by atoms with E-state index in [0.29, 0.717) is 17.9 Å². The van der Waals surface area contributed by atoms with Crippen molar-refractivity contribution in [2.75, 3.05) is 12.8 Å². The highest BCUT2D eigenvalue weighted by molar-refractivity contribution is 5.74. The fraction of sp³-hybridized carbons (Fsp3) is 0.417. The highest BCUT2D eigenvalue weighted by Gasteiger charge is 2.27. The van der Waals surface area contributed by atoms with E-state index in [4.69, 9.17) is 15.6 Å². The molecule has 0 aromatic heterocycles. The van der Waals surface area contributed by atoms with Crippen molar-refractivity contribution in [3.63, 3.8) is 0 Å². The minimum Gasteiger partial charge on any atom is -0.495 e. The molecule has 0 spiro atoms. The van der Waals surface area contributed by atoms with E-state index in [2.05, 4.69) is 0 Å². The largest absolute Gasteiger partial charge is 0.495 e. The first-order chi connectivity index (χ1) is 7.36. The third-order valence-electron chi connectivity index (χ3n) is 2.52. The van der Waals surface area contributed by atoms with Crippen molar-refractivity contribution in [2.24, 2.45) is 5.41 Å². The van der Waals surface area contributed by atoms with E-state index in [1.165, 1.54) is 0 Å². The Morgan fingerprint density at radius 1 is 1.50 bits per heavy atom. The Balaban J connectivity index is 2.91. The number of hydrogen-bond acceptors (Lipinski definition) is 3. The van der Waals surface area contributed by atoms with Gasteiger partial charge >= 0.3 is 5.97 Å². The number of aliphatic carboxylic acids is 1. The fourth-order valence-corrected chi connectivity index (χ4v) is 1.48. The van der Waals surface area contributed by atoms with E-state index in [1.54, 1.807) is 33.1 Å². The maximum atomic E-state index is 11.0. The number of carboxylic acid groups (broad SMARTS) is 1. The SMILES string of the molecule is COc1ccc(CC(C)(C)C(=O)O)cc1N. The van der Waals surface area contributed by atoms with Crippen molar-refractivity contribution >= 4 is 11.7 Å². The first-order valence-corrected chi connectivity index (χ1v) is 5.02. The zero-order valence-electron chi connectivity index (χ0n) is 9.78. The summed E-state index contributed by atoms with van der Waals surface area (Å²) >= 11 is 0. The number of methoxy groups -OCH3 is 1. The summed E-state index contributed by atoms with van der Waals surface area (Å²) in [5.74, 6) is -0.209. The summed E-state index contributed by atoms with van der Waals surface area (Å²) in [5.41, 5.74) is 6.39. The van der Waals surface area contributed by atoms with Gasteiger partial charge < -0.3 is 15.6 Å². The standard InChI is InChI=1S/C12H17NO3/c1-12(2,11(14)15)7-8-4-5-10(16-3)9(13)6-8/h4-6H,7,13H2,1-3H3,(H,14,15). The number of carboxylic acids is 1. The first-order valence-electron chi connectivity index (χ1n) is 5.02. The highest BCUT2D eigenvalue weighted by Crippen LogP contribution is 2.27. The molecule has 0 radical (unpaired) electrons. The zero-order valence-corrected chi connectivity index (χ0v) is 9.78. The zero-order chi connectivity index (χ0) is 12.3. The number of ether oxygens (including phenoxy) is 1. The lowest BCUT2D eigenvalue weighted by molar-refractivity contribution is -0.146. The van der Waals surface area contributed by atoms with Crippen LogP contribution in [0.5, 0.6) is 5.75 Å². The molecule has 0 fully saturated rings. The van der Waals surface area contributed by atoms with Crippen LogP contribution in [0.3, 0.4) is 0 Å². The van der Waals surface area contributed by atoms with Gasteiger partial charge in [-0.3, -0.25) is 4.79 Å². The van der Waals surface area contributed by atoms with Crippen LogP contribution in [0.25, 0.3) is 0 Å². The van der Waals surface area contributed by atoms with E-state index in [9.17, 15) is 4.79 Å². The number of nitrogen functional groups attached to an aromatic ring is 1. The number of benzene rings is 1. The summed E-state index contributed by atoms with van der Waals surface area (Å²) in [6, 6.07) is 5.34. The fourth-order valence-electron chi connectivity index (χ4n) is 1.48. The molecule has 0 aliphatic rings. The molecule has 0 aliphatic carbocycles. The Labute approximate surface area is 95.0 Å². The summed E-state index contributed by atoms with van der Waals surface area (Å²) in [6.45, 7) is 3.38. The van der Waals surface area contributed by atoms with E-state index in [0.717, 1.165) is 5.56 Å². The van der Waals surface area contributed by atoms with Crippen LogP contribution < -0.4 is 10.5 Å². The molecule has 4 nitrogen and oxygen atoms in total. The van der Waals surface area contributed by atoms with Crippen LogP contribution in [-0.4, -0.2) is 18.2 Å². The van der Waals surface area contributed by atoms with Gasteiger partial charge in [0.25, 0.3) is 0 Å². The van der Waals surface area contributed by atoms with Crippen LogP contribution in [0.15, 0.2) is 18.2 Å². The molecule has 1 aromatic carbocycles. The van der Waals surface area contributed by atoms with Crippen LogP contribution in [0.4, 0.5) is 5.69 Å². The maximum absolute atomic E-state index is 11.0. The Bertz CT molecular complexity index is 399. The van der Waals surface area contributed by atoms with Crippen molar-refractivity contribution in [2.45, 2.75) is 20.3 Å². The topological polar surface area (TPSA) is 72.5 Å². The third kappa shape index (κ3) is 2.66. The molecule has 1 aromatic rings. The van der Waals surface area contributed by atoms with Gasteiger partial charge in [0.2, 0.25) is 0 Å². The van der Waals surface area contributed by atoms with Crippen molar-refractivity contribution in [3.05, 3.63) is 23.8 Å². The second-order valence-corrected chi connectivity index (χ2v) is 4.44. The molecule has 0 unspecified atom stereocenters. The molecule has 4 heteroatoms. The Kier molecular flexibility index (Phi) is 3.42. The van der Waals surface area contributed by atoms with Gasteiger partial charge in [-0.2, -0.15) is 0 Å². The molecule has 0 atom stereocenters. The molecule has 16 heavy (non-hydrogen) atoms. The second kappa shape index (κ2) is 4.43. The lowest BCUT2D eigenvalue weighted by atomic mass is 9.86. The minimum atomic E-state index is -0.818. The third-order valence-corrected chi connectivity index (χ3v) is 2.52. The van der Waals surface area contributed by atoms with Crippen molar-refractivity contribution in [3.8, 4) is 5.75 Å². The summed E-state index contributed by atoms with van der Waals surface area (Å²) in [4.78, 5) is 11.0. The summed E-state index contributed by atoms with van der Waals surface area (Å²) < 4.78 is 5.04. The van der Waals surface area contributed by atoms with Gasteiger partial charge in [0.05, 0.1) is 18.2 Å². The van der Waals surface area contributed by atoms with E-state index >= 15 is 0 Å². The summed E-state index contributed by atoms with van der Waals surface area (Å²) in [6.07, 6.45) is 0.441. The molecule has 0 bridgehead atoms. The van der Waals surface area contributed by atoms with Crippen molar-refractivity contribution in [1.82, 2.24) is 0 Å². The molecule has 0 saturated heterocycles. The number of anilines is 1. The lowest BCUT2D eigenvalue weighted by Gasteiger charge is -2.19. The van der Waals surface area contributed by atoms with Gasteiger partial charge in [0.15, 0.2) is 0 Å². The number of rotatable bonds is 4. The van der Waals surface area contributed by atoms with Crippen molar-refractivity contribution in [1.29, 1.82) is 0 Å². The second-order valence-electron chi connectivity index (χ2n) is 4.44. The Morgan fingerprint density at radius 2 is 2.12 bits per heavy atom. The van der Waals surface area contributed by atoms with Gasteiger partial charge in [-0.1, -0.05) is 6.07 Å². The summed E-state index contributed by atoms with van der Waals surface area (Å²) in [7, 11) is 1.55. The van der Waals surface area contributed by atoms with Crippen LogP contribution in [0.1, 0.15) is 19.4 Å². The highest BCUT2D eigenvalue weighted by atomic mass is 16.5. The maximum Gasteiger partial charge on any atom is 0.309 e. The molecular weight excluding hydrogens is 206 g/mol. The van der Waals surface area contributed by atoms with Crippen molar-refractivity contribution < 1.29 is 14.6 Å². The van der Waals surface area contributed by atoms with Gasteiger partial charge in [0.1, 0.15) is 5.75 Å². The van der Waals surface area contributed by atoms with Crippen LogP contribution in [-0.2, 0) is 11.2 Å². The predicted octanol–water partition coefficient (Wildman–Crippen LogP) is 1.93. The summed E-state index contributed by atoms with van der Waals surface area (Å²) in [5, 5.41) is 9.02. The average molecular weight is 223 g/mol. The Hall–Kier alpha value is -1.71. The normalized spacial score (nSPS) is 11.2. The minimum absolute atomic E-state index is 0.441. The number of nitrogens with two attached hydrogens (primary N) is 1. The molecule has 0 amide bonds. The molecule has 3 N–H and O–H groups in total. The quantitative estimate of drug-likeness (QED) is 0.765. The van der Waals surface area contributed by atoms with Gasteiger partial charge in [-0.15, -0.1) is 0 Å². The van der Waals surface area contributed by atoms with E-state index in [-0.39, 0.29) is 0 Å². The Morgan fingerprint density at radius 3 is 2.56 bits per heavy atom. The van der Waals surface area contributed by atoms with Gasteiger partial charge in [-0.25, -0.2) is 0 Å². The molecule has 88 valence electrons. The van der Waals surface area contributed by atoms with Gasteiger partial charge in [0, 0.05) is 0 Å². The molecular formula is C12H17NO3. The monoisotopic (exact) mass is 223 g/mol. The molecule has 0 heterocycles. The lowest BCUT2D eigenvalue weighted by Crippen LogP contribution is -2.26. The molecule has 0 saturated carbocycles. The van der Waals surface area contributed by atoms with Gasteiger partial charge in [-0.05, 0) is 38.0 Å². The van der Waals surface area contributed by atoms with Crippen LogP contribution in [0.2, 0.25) is 0 Å². The van der Waals surface area contributed by atoms with E-state index < -0.39 is 11.4 Å². The molecule has 1 rings (SSSR count). The first kappa shape index (κ1) is 12.4. The van der Waals surface area contributed by atoms with Crippen LogP contribution in [0, 0.1) is 5.41 Å². The average Bonchev–Trinajstić information content (AvgIpc) is 2.17. The molecule has 0 aliphatic heterocycles.